The first-order valence-electron chi connectivity index (χ1n) is 12.9. The van der Waals surface area contributed by atoms with Crippen molar-refractivity contribution in [1.29, 1.82) is 0 Å². The van der Waals surface area contributed by atoms with Crippen molar-refractivity contribution in [3.63, 3.8) is 0 Å². The van der Waals surface area contributed by atoms with Gasteiger partial charge in [0.25, 0.3) is 11.8 Å². The molecule has 0 saturated heterocycles. The van der Waals surface area contributed by atoms with Gasteiger partial charge in [-0.1, -0.05) is 83.9 Å². The van der Waals surface area contributed by atoms with Crippen molar-refractivity contribution in [3.05, 3.63) is 130 Å². The van der Waals surface area contributed by atoms with E-state index in [4.69, 9.17) is 32.7 Å². The van der Waals surface area contributed by atoms with Crippen LogP contribution in [0.5, 0.6) is 11.5 Å². The van der Waals surface area contributed by atoms with Gasteiger partial charge in [-0.3, -0.25) is 9.59 Å². The van der Waals surface area contributed by atoms with Crippen molar-refractivity contribution < 1.29 is 19.1 Å². The minimum absolute atomic E-state index is 0.260. The first kappa shape index (κ1) is 29.6. The number of hydrogen-bond donors (Lipinski definition) is 2. The molecule has 0 bridgehead atoms. The summed E-state index contributed by atoms with van der Waals surface area (Å²) in [4.78, 5) is 26.0. The van der Waals surface area contributed by atoms with Crippen LogP contribution in [0.15, 0.2) is 108 Å². The molecule has 4 rings (SSSR count). The number of carbonyl (C=O) groups is 2. The van der Waals surface area contributed by atoms with Crippen LogP contribution in [-0.4, -0.2) is 30.2 Å². The normalized spacial score (nSPS) is 12.4. The molecule has 0 fully saturated rings. The minimum Gasteiger partial charge on any atom is -0.489 e. The van der Waals surface area contributed by atoms with E-state index in [9.17, 15) is 9.59 Å². The standard InChI is InChI=1S/C32H29Cl2N3O4/c1-22(41-30-17-14-26(33)19-28(30)34)31(38)36-29(18-23-8-4-2-5-9-23)32(39)37-35-20-24-12-15-27(16-13-24)40-21-25-10-6-3-7-11-25/h2-17,19-20,22,29H,18,21H2,1H3,(H,36,38)(H,37,39)/b35-20-/t22-,29-/m1/s1. The molecule has 41 heavy (non-hydrogen) atoms. The van der Waals surface area contributed by atoms with Crippen LogP contribution in [0.3, 0.4) is 0 Å². The summed E-state index contributed by atoms with van der Waals surface area (Å²) in [6.07, 6.45) is 0.857. The SMILES string of the molecule is C[C@@H](Oc1ccc(Cl)cc1Cl)C(=O)N[C@H](Cc1ccccc1)C(=O)N/N=C\c1ccc(OCc2ccccc2)cc1. The monoisotopic (exact) mass is 589 g/mol. The highest BCUT2D eigenvalue weighted by Gasteiger charge is 2.25. The maximum Gasteiger partial charge on any atom is 0.262 e. The molecule has 0 aliphatic rings. The lowest BCUT2D eigenvalue weighted by molar-refractivity contribution is -0.132. The molecule has 9 heteroatoms. The van der Waals surface area contributed by atoms with Gasteiger partial charge in [-0.15, -0.1) is 0 Å². The quantitative estimate of drug-likeness (QED) is 0.152. The van der Waals surface area contributed by atoms with Crippen LogP contribution in [0, 0.1) is 0 Å². The van der Waals surface area contributed by atoms with Crippen molar-refractivity contribution in [2.45, 2.75) is 32.1 Å². The summed E-state index contributed by atoms with van der Waals surface area (Å²) in [6.45, 7) is 2.04. The number of ether oxygens (including phenoxy) is 2. The molecule has 210 valence electrons. The van der Waals surface area contributed by atoms with Gasteiger partial charge in [0.2, 0.25) is 0 Å². The van der Waals surface area contributed by atoms with E-state index in [2.05, 4.69) is 15.8 Å². The molecule has 7 nitrogen and oxygen atoms in total. The van der Waals surface area contributed by atoms with Gasteiger partial charge in [0, 0.05) is 11.4 Å². The van der Waals surface area contributed by atoms with E-state index in [1.54, 1.807) is 19.1 Å². The maximum atomic E-state index is 13.1. The molecule has 0 spiro atoms. The van der Waals surface area contributed by atoms with Gasteiger partial charge in [0.05, 0.1) is 11.2 Å². The van der Waals surface area contributed by atoms with Crippen LogP contribution in [-0.2, 0) is 22.6 Å². The predicted octanol–water partition coefficient (Wildman–Crippen LogP) is 6.22. The van der Waals surface area contributed by atoms with Crippen LogP contribution in [0.1, 0.15) is 23.6 Å². The first-order valence-corrected chi connectivity index (χ1v) is 13.7. The second-order valence-corrected chi connectivity index (χ2v) is 10.0. The second-order valence-electron chi connectivity index (χ2n) is 9.16. The molecule has 0 saturated carbocycles. The first-order chi connectivity index (χ1) is 19.9. The van der Waals surface area contributed by atoms with Gasteiger partial charge in [0.1, 0.15) is 24.1 Å². The van der Waals surface area contributed by atoms with Crippen molar-refractivity contribution in [1.82, 2.24) is 10.7 Å². The van der Waals surface area contributed by atoms with E-state index < -0.39 is 24.0 Å². The lowest BCUT2D eigenvalue weighted by Crippen LogP contribution is -2.50. The number of benzene rings is 4. The zero-order chi connectivity index (χ0) is 29.0. The van der Waals surface area contributed by atoms with Crippen LogP contribution >= 0.6 is 23.2 Å². The lowest BCUT2D eigenvalue weighted by atomic mass is 10.1. The Kier molecular flexibility index (Phi) is 10.8. The number of amides is 2. The summed E-state index contributed by atoms with van der Waals surface area (Å²) in [6, 6.07) is 30.4. The molecule has 2 amide bonds. The molecule has 0 unspecified atom stereocenters. The van der Waals surface area contributed by atoms with E-state index in [1.165, 1.54) is 12.3 Å². The minimum atomic E-state index is -0.925. The van der Waals surface area contributed by atoms with Gasteiger partial charge >= 0.3 is 0 Å². The zero-order valence-electron chi connectivity index (χ0n) is 22.3. The number of rotatable bonds is 12. The average molecular weight is 591 g/mol. The molecule has 0 aliphatic heterocycles. The summed E-state index contributed by atoms with van der Waals surface area (Å²) in [5, 5.41) is 7.58. The molecule has 0 aliphatic carbocycles. The molecule has 0 heterocycles. The molecule has 2 atom stereocenters. The third-order valence-electron chi connectivity index (χ3n) is 6.00. The number of hydrazone groups is 1. The van der Waals surface area contributed by atoms with Crippen LogP contribution < -0.4 is 20.2 Å². The third kappa shape index (κ3) is 9.38. The number of hydrogen-bond acceptors (Lipinski definition) is 5. The predicted molar refractivity (Wildman–Crippen MR) is 162 cm³/mol. The fraction of sp³-hybridized carbons (Fsp3) is 0.156. The number of halogens is 2. The molecular weight excluding hydrogens is 561 g/mol. The smallest absolute Gasteiger partial charge is 0.262 e. The summed E-state index contributed by atoms with van der Waals surface area (Å²) < 4.78 is 11.5. The second kappa shape index (κ2) is 14.9. The Morgan fingerprint density at radius 2 is 1.51 bits per heavy atom. The number of carbonyl (C=O) groups excluding carboxylic acids is 2. The van der Waals surface area contributed by atoms with Crippen LogP contribution in [0.25, 0.3) is 0 Å². The van der Waals surface area contributed by atoms with Gasteiger partial charge < -0.3 is 14.8 Å². The summed E-state index contributed by atoms with van der Waals surface area (Å²) in [7, 11) is 0. The number of nitrogens with zero attached hydrogens (tertiary/aromatic N) is 1. The fourth-order valence-corrected chi connectivity index (χ4v) is 4.26. The van der Waals surface area contributed by atoms with Crippen LogP contribution in [0.2, 0.25) is 10.0 Å². The Labute approximate surface area is 249 Å². The van der Waals surface area contributed by atoms with Gasteiger partial charge in [-0.25, -0.2) is 5.43 Å². The van der Waals surface area contributed by atoms with Crippen molar-refractivity contribution >= 4 is 41.2 Å². The highest BCUT2D eigenvalue weighted by molar-refractivity contribution is 6.35. The van der Waals surface area contributed by atoms with Crippen molar-refractivity contribution in [2.24, 2.45) is 5.10 Å². The Morgan fingerprint density at radius 3 is 2.17 bits per heavy atom. The van der Waals surface area contributed by atoms with E-state index in [-0.39, 0.29) is 11.4 Å². The molecule has 0 radical (unpaired) electrons. The van der Waals surface area contributed by atoms with E-state index in [0.717, 1.165) is 22.4 Å². The van der Waals surface area contributed by atoms with Gasteiger partial charge in [-0.05, 0) is 66.1 Å². The Balaban J connectivity index is 1.35. The Hall–Kier alpha value is -4.33. The maximum absolute atomic E-state index is 13.1. The Morgan fingerprint density at radius 1 is 0.854 bits per heavy atom. The highest BCUT2D eigenvalue weighted by atomic mass is 35.5. The molecule has 2 N–H and O–H groups in total. The lowest BCUT2D eigenvalue weighted by Gasteiger charge is -2.21. The summed E-state index contributed by atoms with van der Waals surface area (Å²) >= 11 is 12.1. The Bertz CT molecular complexity index is 1470. The molecule has 0 aromatic heterocycles. The zero-order valence-corrected chi connectivity index (χ0v) is 23.8. The summed E-state index contributed by atoms with van der Waals surface area (Å²) in [5.41, 5.74) is 5.25. The van der Waals surface area contributed by atoms with E-state index >= 15 is 0 Å². The van der Waals surface area contributed by atoms with Gasteiger partial charge in [-0.2, -0.15) is 5.10 Å². The molecule has 4 aromatic carbocycles. The average Bonchev–Trinajstić information content (AvgIpc) is 2.98. The largest absolute Gasteiger partial charge is 0.489 e. The van der Waals surface area contributed by atoms with Crippen molar-refractivity contribution in [2.75, 3.05) is 0 Å². The van der Waals surface area contributed by atoms with Gasteiger partial charge in [0.15, 0.2) is 6.10 Å². The van der Waals surface area contributed by atoms with Crippen LogP contribution in [0.4, 0.5) is 0 Å². The molecule has 4 aromatic rings. The third-order valence-corrected chi connectivity index (χ3v) is 6.53. The highest BCUT2D eigenvalue weighted by Crippen LogP contribution is 2.28. The van der Waals surface area contributed by atoms with Crippen molar-refractivity contribution in [3.8, 4) is 11.5 Å². The number of nitrogens with one attached hydrogen (secondary N) is 2. The summed E-state index contributed by atoms with van der Waals surface area (Å²) in [5.74, 6) is 0.0703. The van der Waals surface area contributed by atoms with E-state index in [0.29, 0.717) is 17.4 Å². The molecular formula is C32H29Cl2N3O4. The fourth-order valence-electron chi connectivity index (χ4n) is 3.80. The van der Waals surface area contributed by atoms with E-state index in [1.807, 2.05) is 84.9 Å². The topological polar surface area (TPSA) is 89.0 Å².